The fraction of sp³-hybridized carbons (Fsp3) is 0. The molecule has 0 fully saturated rings. The van der Waals surface area contributed by atoms with Crippen molar-refractivity contribution in [3.05, 3.63) is 53.1 Å². The first kappa shape index (κ1) is 12.6. The van der Waals surface area contributed by atoms with Crippen LogP contribution in [0.2, 0.25) is 5.15 Å². The van der Waals surface area contributed by atoms with E-state index in [1.807, 2.05) is 0 Å². The molecular formula is C13H7ClFN3O2. The van der Waals surface area contributed by atoms with Gasteiger partial charge in [-0.05, 0) is 18.2 Å². The number of benzene rings is 1. The summed E-state index contributed by atoms with van der Waals surface area (Å²) < 4.78 is 15.0. The van der Waals surface area contributed by atoms with Gasteiger partial charge in [0.15, 0.2) is 10.8 Å². The van der Waals surface area contributed by atoms with Crippen LogP contribution in [0.3, 0.4) is 0 Å². The van der Waals surface area contributed by atoms with E-state index >= 15 is 0 Å². The van der Waals surface area contributed by atoms with Gasteiger partial charge >= 0.3 is 5.97 Å². The van der Waals surface area contributed by atoms with Gasteiger partial charge in [0, 0.05) is 5.56 Å². The Bertz CT molecular complexity index is 832. The highest BCUT2D eigenvalue weighted by molar-refractivity contribution is 6.29. The molecule has 20 heavy (non-hydrogen) atoms. The van der Waals surface area contributed by atoms with E-state index in [1.165, 1.54) is 22.8 Å². The number of nitrogens with zero attached hydrogens (tertiary/aromatic N) is 3. The van der Waals surface area contributed by atoms with Gasteiger partial charge in [0.05, 0.1) is 11.9 Å². The maximum Gasteiger partial charge on any atom is 0.339 e. The molecule has 7 heteroatoms. The molecule has 0 bridgehead atoms. The molecule has 0 saturated heterocycles. The third kappa shape index (κ3) is 2.00. The first-order valence-electron chi connectivity index (χ1n) is 5.60. The van der Waals surface area contributed by atoms with Gasteiger partial charge in [-0.3, -0.25) is 0 Å². The number of carboxylic acids is 1. The first-order chi connectivity index (χ1) is 9.56. The van der Waals surface area contributed by atoms with Crippen molar-refractivity contribution >= 4 is 23.2 Å². The predicted molar refractivity (Wildman–Crippen MR) is 70.4 cm³/mol. The van der Waals surface area contributed by atoms with Gasteiger partial charge in [-0.25, -0.2) is 18.7 Å². The number of aromatic carboxylic acids is 1. The van der Waals surface area contributed by atoms with Crippen LogP contribution in [0.5, 0.6) is 0 Å². The molecule has 0 aliphatic heterocycles. The van der Waals surface area contributed by atoms with Crippen molar-refractivity contribution in [2.75, 3.05) is 0 Å². The number of fused-ring (bicyclic) bond motifs is 1. The second-order valence-corrected chi connectivity index (χ2v) is 4.45. The Morgan fingerprint density at radius 1 is 1.35 bits per heavy atom. The summed E-state index contributed by atoms with van der Waals surface area (Å²) in [7, 11) is 0. The minimum absolute atomic E-state index is 0.0207. The lowest BCUT2D eigenvalue weighted by Gasteiger charge is -1.97. The lowest BCUT2D eigenvalue weighted by atomic mass is 10.1. The zero-order valence-corrected chi connectivity index (χ0v) is 10.7. The number of carbonyl (C=O) groups is 1. The van der Waals surface area contributed by atoms with Gasteiger partial charge in [-0.1, -0.05) is 23.7 Å². The van der Waals surface area contributed by atoms with Crippen LogP contribution in [0.1, 0.15) is 10.4 Å². The molecule has 0 amide bonds. The quantitative estimate of drug-likeness (QED) is 0.788. The molecule has 5 nitrogen and oxygen atoms in total. The average Bonchev–Trinajstić information content (AvgIpc) is 2.81. The summed E-state index contributed by atoms with van der Waals surface area (Å²) in [6.45, 7) is 0. The standard InChI is InChI=1S/C13H7ClFN3O2/c14-11-5-8(13(19)20)12-16-10(6-18(12)17-11)7-3-1-2-4-9(7)15/h1-6H,(H,19,20). The molecule has 0 radical (unpaired) electrons. The number of carboxylic acid groups (broad SMARTS) is 1. The van der Waals surface area contributed by atoms with Crippen LogP contribution < -0.4 is 0 Å². The predicted octanol–water partition coefficient (Wildman–Crippen LogP) is 2.89. The molecule has 2 heterocycles. The van der Waals surface area contributed by atoms with Crippen molar-refractivity contribution in [2.45, 2.75) is 0 Å². The van der Waals surface area contributed by atoms with Crippen LogP contribution in [0.25, 0.3) is 16.9 Å². The summed E-state index contributed by atoms with van der Waals surface area (Å²) in [5.41, 5.74) is 0.582. The maximum absolute atomic E-state index is 13.7. The van der Waals surface area contributed by atoms with Gasteiger partial charge in [0.1, 0.15) is 11.4 Å². The van der Waals surface area contributed by atoms with Gasteiger partial charge in [0.25, 0.3) is 0 Å². The first-order valence-corrected chi connectivity index (χ1v) is 5.98. The fourth-order valence-electron chi connectivity index (χ4n) is 1.90. The minimum Gasteiger partial charge on any atom is -0.478 e. The van der Waals surface area contributed by atoms with E-state index in [2.05, 4.69) is 10.1 Å². The SMILES string of the molecule is O=C(O)c1cc(Cl)nn2cc(-c3ccccc3F)nc12. The van der Waals surface area contributed by atoms with Crippen molar-refractivity contribution in [1.29, 1.82) is 0 Å². The number of hydrogen-bond donors (Lipinski definition) is 1. The summed E-state index contributed by atoms with van der Waals surface area (Å²) >= 11 is 5.76. The highest BCUT2D eigenvalue weighted by Crippen LogP contribution is 2.23. The maximum atomic E-state index is 13.7. The van der Waals surface area contributed by atoms with E-state index in [0.717, 1.165) is 0 Å². The molecule has 2 aromatic heterocycles. The van der Waals surface area contributed by atoms with E-state index in [4.69, 9.17) is 16.7 Å². The van der Waals surface area contributed by atoms with Crippen LogP contribution in [0.4, 0.5) is 4.39 Å². The molecule has 0 atom stereocenters. The van der Waals surface area contributed by atoms with Gasteiger partial charge in [0.2, 0.25) is 0 Å². The van der Waals surface area contributed by atoms with Crippen LogP contribution in [-0.2, 0) is 0 Å². The smallest absolute Gasteiger partial charge is 0.339 e. The lowest BCUT2D eigenvalue weighted by molar-refractivity contribution is 0.0698. The summed E-state index contributed by atoms with van der Waals surface area (Å²) in [6.07, 6.45) is 1.44. The van der Waals surface area contributed by atoms with Gasteiger partial charge < -0.3 is 5.11 Å². The Morgan fingerprint density at radius 3 is 2.80 bits per heavy atom. The number of rotatable bonds is 2. The number of aromatic nitrogens is 3. The van der Waals surface area contributed by atoms with E-state index in [0.29, 0.717) is 5.69 Å². The fourth-order valence-corrected chi connectivity index (χ4v) is 2.09. The third-order valence-electron chi connectivity index (χ3n) is 2.78. The largest absolute Gasteiger partial charge is 0.478 e. The summed E-state index contributed by atoms with van der Waals surface area (Å²) in [5, 5.41) is 13.1. The normalized spacial score (nSPS) is 10.9. The summed E-state index contributed by atoms with van der Waals surface area (Å²) in [5.74, 6) is -1.62. The summed E-state index contributed by atoms with van der Waals surface area (Å²) in [4.78, 5) is 15.3. The Balaban J connectivity index is 2.28. The zero-order chi connectivity index (χ0) is 14.3. The van der Waals surface area contributed by atoms with Gasteiger partial charge in [-0.15, -0.1) is 0 Å². The monoisotopic (exact) mass is 291 g/mol. The molecule has 0 aliphatic rings. The third-order valence-corrected chi connectivity index (χ3v) is 2.96. The number of hydrogen-bond acceptors (Lipinski definition) is 3. The number of imidazole rings is 1. The van der Waals surface area contributed by atoms with Crippen LogP contribution in [-0.4, -0.2) is 25.7 Å². The molecule has 100 valence electrons. The summed E-state index contributed by atoms with van der Waals surface area (Å²) in [6, 6.07) is 7.29. The second-order valence-electron chi connectivity index (χ2n) is 4.06. The van der Waals surface area contributed by atoms with Crippen molar-refractivity contribution in [1.82, 2.24) is 14.6 Å². The second kappa shape index (κ2) is 4.57. The van der Waals surface area contributed by atoms with Crippen molar-refractivity contribution in [3.63, 3.8) is 0 Å². The van der Waals surface area contributed by atoms with Crippen molar-refractivity contribution in [2.24, 2.45) is 0 Å². The Kier molecular flexibility index (Phi) is 2.87. The molecule has 1 N–H and O–H groups in total. The Hall–Kier alpha value is -2.47. The van der Waals surface area contributed by atoms with Gasteiger partial charge in [-0.2, -0.15) is 5.10 Å². The van der Waals surface area contributed by atoms with Crippen LogP contribution in [0, 0.1) is 5.82 Å². The molecule has 0 unspecified atom stereocenters. The van der Waals surface area contributed by atoms with E-state index in [1.54, 1.807) is 18.2 Å². The molecule has 1 aromatic carbocycles. The molecule has 0 aliphatic carbocycles. The Morgan fingerprint density at radius 2 is 2.10 bits per heavy atom. The molecular weight excluding hydrogens is 285 g/mol. The van der Waals surface area contributed by atoms with Crippen LogP contribution in [0.15, 0.2) is 36.5 Å². The topological polar surface area (TPSA) is 67.5 Å². The highest BCUT2D eigenvalue weighted by atomic mass is 35.5. The lowest BCUT2D eigenvalue weighted by Crippen LogP contribution is -2.03. The zero-order valence-electron chi connectivity index (χ0n) is 9.92. The van der Waals surface area contributed by atoms with E-state index < -0.39 is 11.8 Å². The number of halogens is 2. The van der Waals surface area contributed by atoms with Crippen LogP contribution >= 0.6 is 11.6 Å². The van der Waals surface area contributed by atoms with Crippen molar-refractivity contribution < 1.29 is 14.3 Å². The minimum atomic E-state index is -1.18. The Labute approximate surface area is 117 Å². The molecule has 0 spiro atoms. The highest BCUT2D eigenvalue weighted by Gasteiger charge is 2.16. The van der Waals surface area contributed by atoms with E-state index in [9.17, 15) is 9.18 Å². The molecule has 3 rings (SSSR count). The average molecular weight is 292 g/mol. The molecule has 0 saturated carbocycles. The molecule has 3 aromatic rings. The van der Waals surface area contributed by atoms with Crippen molar-refractivity contribution in [3.8, 4) is 11.3 Å². The van der Waals surface area contributed by atoms with E-state index in [-0.39, 0.29) is 21.9 Å².